The first-order valence-electron chi connectivity index (χ1n) is 10.2. The van der Waals surface area contributed by atoms with E-state index in [1.165, 1.54) is 77.0 Å². The van der Waals surface area contributed by atoms with Crippen molar-refractivity contribution in [2.45, 2.75) is 122 Å². The number of aliphatic hydroxyl groups is 2. The molecule has 0 unspecified atom stereocenters. The normalized spacial score (nSPS) is 24.9. The van der Waals surface area contributed by atoms with Crippen LogP contribution in [0, 0.1) is 0 Å². The van der Waals surface area contributed by atoms with Crippen LogP contribution < -0.4 is 0 Å². The summed E-state index contributed by atoms with van der Waals surface area (Å²) in [6.07, 6.45) is 18.6. The number of hydrogen-bond acceptors (Lipinski definition) is 3. The molecule has 0 aliphatic carbocycles. The van der Waals surface area contributed by atoms with Crippen molar-refractivity contribution in [3.05, 3.63) is 0 Å². The highest BCUT2D eigenvalue weighted by Gasteiger charge is 2.33. The second-order valence-electron chi connectivity index (χ2n) is 7.50. The highest BCUT2D eigenvalue weighted by molar-refractivity contribution is 4.82. The Bertz CT molecular complexity index is 270. The van der Waals surface area contributed by atoms with Gasteiger partial charge in [-0.3, -0.25) is 0 Å². The van der Waals surface area contributed by atoms with Gasteiger partial charge in [0, 0.05) is 6.42 Å². The molecule has 2 N–H and O–H groups in total. The quantitative estimate of drug-likeness (QED) is 0.424. The van der Waals surface area contributed by atoms with E-state index < -0.39 is 11.9 Å². The number of aliphatic hydroxyl groups excluding tert-OH is 1. The minimum absolute atomic E-state index is 0.380. The van der Waals surface area contributed by atoms with Crippen LogP contribution in [0.3, 0.4) is 0 Å². The van der Waals surface area contributed by atoms with Crippen LogP contribution in [-0.4, -0.2) is 28.7 Å². The predicted molar refractivity (Wildman–Crippen MR) is 96.5 cm³/mol. The second-order valence-corrected chi connectivity index (χ2v) is 7.50. The first-order valence-corrected chi connectivity index (χ1v) is 10.2. The van der Waals surface area contributed by atoms with Crippen LogP contribution in [0.5, 0.6) is 0 Å². The van der Waals surface area contributed by atoms with Gasteiger partial charge in [-0.25, -0.2) is 0 Å². The summed E-state index contributed by atoms with van der Waals surface area (Å²) >= 11 is 0. The van der Waals surface area contributed by atoms with Crippen molar-refractivity contribution in [1.82, 2.24) is 0 Å². The standard InChI is InChI=1S/C20H40O3/c1-2-3-4-5-6-7-8-9-10-11-12-13-14-15-20(22)16-17-23-19(21)18-20/h19,21-22H,2-18H2,1H3/t19-,20-/m0/s1. The molecule has 0 saturated carbocycles. The molecule has 1 fully saturated rings. The molecule has 1 saturated heterocycles. The van der Waals surface area contributed by atoms with Crippen LogP contribution in [0.15, 0.2) is 0 Å². The average Bonchev–Trinajstić information content (AvgIpc) is 2.51. The Balaban J connectivity index is 1.81. The molecule has 3 heteroatoms. The summed E-state index contributed by atoms with van der Waals surface area (Å²) in [5, 5.41) is 19.8. The molecule has 1 heterocycles. The Kier molecular flexibility index (Phi) is 12.0. The van der Waals surface area contributed by atoms with Crippen LogP contribution >= 0.6 is 0 Å². The predicted octanol–water partition coefficient (Wildman–Crippen LogP) is 5.33. The molecule has 0 aromatic carbocycles. The first kappa shape index (κ1) is 20.9. The minimum atomic E-state index is -0.768. The molecule has 138 valence electrons. The van der Waals surface area contributed by atoms with Gasteiger partial charge in [0.25, 0.3) is 0 Å². The minimum Gasteiger partial charge on any atom is -0.390 e. The zero-order chi connectivity index (χ0) is 16.8. The molecule has 0 amide bonds. The number of unbranched alkanes of at least 4 members (excludes halogenated alkanes) is 12. The lowest BCUT2D eigenvalue weighted by atomic mass is 9.87. The van der Waals surface area contributed by atoms with Crippen LogP contribution in [0.4, 0.5) is 0 Å². The molecule has 1 rings (SSSR count). The van der Waals surface area contributed by atoms with E-state index in [2.05, 4.69) is 6.92 Å². The highest BCUT2D eigenvalue weighted by Crippen LogP contribution is 2.29. The Morgan fingerprint density at radius 3 is 1.78 bits per heavy atom. The Morgan fingerprint density at radius 2 is 1.30 bits per heavy atom. The molecular formula is C20H40O3. The lowest BCUT2D eigenvalue weighted by molar-refractivity contribution is -0.187. The van der Waals surface area contributed by atoms with Crippen LogP contribution in [0.1, 0.15) is 110 Å². The van der Waals surface area contributed by atoms with E-state index >= 15 is 0 Å². The van der Waals surface area contributed by atoms with Crippen molar-refractivity contribution in [2.24, 2.45) is 0 Å². The molecule has 0 spiro atoms. The Hall–Kier alpha value is -0.120. The lowest BCUT2D eigenvalue weighted by Gasteiger charge is -2.34. The SMILES string of the molecule is CCCCCCCCCCCCCCC[C@]1(O)CCO[C@H](O)C1. The molecule has 1 aliphatic heterocycles. The van der Waals surface area contributed by atoms with Crippen molar-refractivity contribution in [2.75, 3.05) is 6.61 Å². The van der Waals surface area contributed by atoms with Gasteiger partial charge in [0.1, 0.15) is 0 Å². The van der Waals surface area contributed by atoms with Gasteiger partial charge in [-0.2, -0.15) is 0 Å². The fourth-order valence-electron chi connectivity index (χ4n) is 3.57. The van der Waals surface area contributed by atoms with E-state index in [0.717, 1.165) is 12.8 Å². The number of rotatable bonds is 14. The number of hydrogen-bond donors (Lipinski definition) is 2. The fraction of sp³-hybridized carbons (Fsp3) is 1.00. The fourth-order valence-corrected chi connectivity index (χ4v) is 3.57. The van der Waals surface area contributed by atoms with Crippen molar-refractivity contribution in [1.29, 1.82) is 0 Å². The monoisotopic (exact) mass is 328 g/mol. The summed E-state index contributed by atoms with van der Waals surface area (Å²) < 4.78 is 5.09. The van der Waals surface area contributed by atoms with Gasteiger partial charge in [-0.05, 0) is 12.8 Å². The first-order chi connectivity index (χ1) is 11.2. The molecule has 0 radical (unpaired) electrons. The molecule has 0 aromatic heterocycles. The smallest absolute Gasteiger partial charge is 0.157 e. The van der Waals surface area contributed by atoms with Crippen molar-refractivity contribution >= 4 is 0 Å². The maximum atomic E-state index is 10.4. The largest absolute Gasteiger partial charge is 0.390 e. The summed E-state index contributed by atoms with van der Waals surface area (Å²) in [4.78, 5) is 0. The zero-order valence-electron chi connectivity index (χ0n) is 15.4. The van der Waals surface area contributed by atoms with Crippen molar-refractivity contribution < 1.29 is 14.9 Å². The van der Waals surface area contributed by atoms with E-state index in [0.29, 0.717) is 19.4 Å². The van der Waals surface area contributed by atoms with Gasteiger partial charge in [0.05, 0.1) is 12.2 Å². The van der Waals surface area contributed by atoms with Gasteiger partial charge in [-0.1, -0.05) is 90.4 Å². The number of ether oxygens (including phenoxy) is 1. The summed E-state index contributed by atoms with van der Waals surface area (Å²) in [6.45, 7) is 2.75. The summed E-state index contributed by atoms with van der Waals surface area (Å²) in [7, 11) is 0. The summed E-state index contributed by atoms with van der Waals surface area (Å²) in [5.74, 6) is 0. The maximum absolute atomic E-state index is 10.4. The highest BCUT2D eigenvalue weighted by atomic mass is 16.6. The van der Waals surface area contributed by atoms with Gasteiger partial charge in [-0.15, -0.1) is 0 Å². The third kappa shape index (κ3) is 11.1. The van der Waals surface area contributed by atoms with E-state index in [4.69, 9.17) is 4.74 Å². The average molecular weight is 329 g/mol. The van der Waals surface area contributed by atoms with Gasteiger partial charge in [0.15, 0.2) is 6.29 Å². The maximum Gasteiger partial charge on any atom is 0.157 e. The third-order valence-corrected chi connectivity index (χ3v) is 5.18. The summed E-state index contributed by atoms with van der Waals surface area (Å²) in [6, 6.07) is 0. The molecular weight excluding hydrogens is 288 g/mol. The van der Waals surface area contributed by atoms with E-state index in [1.807, 2.05) is 0 Å². The van der Waals surface area contributed by atoms with E-state index in [-0.39, 0.29) is 0 Å². The van der Waals surface area contributed by atoms with E-state index in [9.17, 15) is 10.2 Å². The van der Waals surface area contributed by atoms with Crippen molar-refractivity contribution in [3.8, 4) is 0 Å². The zero-order valence-corrected chi connectivity index (χ0v) is 15.4. The van der Waals surface area contributed by atoms with Crippen LogP contribution in [-0.2, 0) is 4.74 Å². The molecule has 0 aromatic rings. The molecule has 0 bridgehead atoms. The molecule has 1 aliphatic rings. The van der Waals surface area contributed by atoms with Crippen molar-refractivity contribution in [3.63, 3.8) is 0 Å². The second kappa shape index (κ2) is 13.2. The van der Waals surface area contributed by atoms with Crippen LogP contribution in [0.2, 0.25) is 0 Å². The molecule has 23 heavy (non-hydrogen) atoms. The molecule has 2 atom stereocenters. The summed E-state index contributed by atoms with van der Waals surface area (Å²) in [5.41, 5.74) is -0.685. The van der Waals surface area contributed by atoms with E-state index in [1.54, 1.807) is 0 Å². The van der Waals surface area contributed by atoms with Gasteiger partial charge < -0.3 is 14.9 Å². The van der Waals surface area contributed by atoms with Gasteiger partial charge in [0.2, 0.25) is 0 Å². The third-order valence-electron chi connectivity index (χ3n) is 5.18. The lowest BCUT2D eigenvalue weighted by Crippen LogP contribution is -2.40. The topological polar surface area (TPSA) is 49.7 Å². The Labute approximate surface area is 143 Å². The van der Waals surface area contributed by atoms with Gasteiger partial charge >= 0.3 is 0 Å². The van der Waals surface area contributed by atoms with Crippen LogP contribution in [0.25, 0.3) is 0 Å². The Morgan fingerprint density at radius 1 is 0.826 bits per heavy atom. The molecule has 3 nitrogen and oxygen atoms in total.